The van der Waals surface area contributed by atoms with Crippen molar-refractivity contribution in [3.63, 3.8) is 0 Å². The minimum atomic E-state index is -0.0140. The number of aryl methyl sites for hydroxylation is 1. The van der Waals surface area contributed by atoms with E-state index < -0.39 is 0 Å². The standard InChI is InChI=1S/C20H24N6O2/c1-13-4-3-5-15(18(13)28-2)20(27)25-10-6-14(12-25)16-17-19(23-9-8-22-17)26(24-16)11-7-21/h3-5,8-9,14H,6-7,10-12,21H2,1-2H3/t14-/m1/s1. The Morgan fingerprint density at radius 3 is 2.93 bits per heavy atom. The van der Waals surface area contributed by atoms with Gasteiger partial charge in [-0.15, -0.1) is 0 Å². The highest BCUT2D eigenvalue weighted by atomic mass is 16.5. The van der Waals surface area contributed by atoms with Crippen LogP contribution in [0.4, 0.5) is 0 Å². The minimum absolute atomic E-state index is 0.0140. The van der Waals surface area contributed by atoms with Crippen molar-refractivity contribution in [3.8, 4) is 5.75 Å². The summed E-state index contributed by atoms with van der Waals surface area (Å²) < 4.78 is 7.27. The van der Waals surface area contributed by atoms with Crippen molar-refractivity contribution in [1.29, 1.82) is 0 Å². The lowest BCUT2D eigenvalue weighted by atomic mass is 10.0. The summed E-state index contributed by atoms with van der Waals surface area (Å²) in [6, 6.07) is 5.64. The molecule has 1 amide bonds. The van der Waals surface area contributed by atoms with Gasteiger partial charge in [0.15, 0.2) is 5.65 Å². The number of fused-ring (bicyclic) bond motifs is 1. The molecule has 8 nitrogen and oxygen atoms in total. The van der Waals surface area contributed by atoms with Crippen LogP contribution in [0.5, 0.6) is 5.75 Å². The number of likely N-dealkylation sites (tertiary alicyclic amines) is 1. The average molecular weight is 380 g/mol. The zero-order chi connectivity index (χ0) is 19.7. The maximum Gasteiger partial charge on any atom is 0.257 e. The highest BCUT2D eigenvalue weighted by Crippen LogP contribution is 2.32. The van der Waals surface area contributed by atoms with Gasteiger partial charge in [-0.1, -0.05) is 12.1 Å². The van der Waals surface area contributed by atoms with Gasteiger partial charge in [-0.2, -0.15) is 5.10 Å². The first kappa shape index (κ1) is 18.4. The van der Waals surface area contributed by atoms with Crippen LogP contribution in [0.2, 0.25) is 0 Å². The molecule has 2 N–H and O–H groups in total. The number of para-hydroxylation sites is 1. The lowest BCUT2D eigenvalue weighted by Gasteiger charge is -2.18. The molecule has 2 aromatic heterocycles. The van der Waals surface area contributed by atoms with E-state index in [1.165, 1.54) is 0 Å². The molecular formula is C20H24N6O2. The van der Waals surface area contributed by atoms with Crippen LogP contribution in [0.1, 0.15) is 34.0 Å². The third kappa shape index (κ3) is 3.09. The van der Waals surface area contributed by atoms with E-state index >= 15 is 0 Å². The predicted octanol–water partition coefficient (Wildman–Crippen LogP) is 1.73. The molecule has 1 aliphatic heterocycles. The smallest absolute Gasteiger partial charge is 0.257 e. The van der Waals surface area contributed by atoms with Crippen LogP contribution in [-0.4, -0.2) is 57.3 Å². The molecular weight excluding hydrogens is 356 g/mol. The van der Waals surface area contributed by atoms with Crippen LogP contribution in [0.15, 0.2) is 30.6 Å². The largest absolute Gasteiger partial charge is 0.496 e. The maximum absolute atomic E-state index is 13.1. The van der Waals surface area contributed by atoms with Gasteiger partial charge in [0.1, 0.15) is 11.3 Å². The normalized spacial score (nSPS) is 16.7. The van der Waals surface area contributed by atoms with Crippen LogP contribution in [0.25, 0.3) is 11.2 Å². The topological polar surface area (TPSA) is 99.2 Å². The SMILES string of the molecule is COc1c(C)cccc1C(=O)N1CC[C@@H](c2nn(CCN)c3nccnc23)C1. The van der Waals surface area contributed by atoms with Crippen molar-refractivity contribution in [2.45, 2.75) is 25.8 Å². The van der Waals surface area contributed by atoms with E-state index in [0.29, 0.717) is 37.5 Å². The first-order chi connectivity index (χ1) is 13.6. The van der Waals surface area contributed by atoms with Crippen LogP contribution in [0.3, 0.4) is 0 Å². The van der Waals surface area contributed by atoms with Gasteiger partial charge in [-0.05, 0) is 25.0 Å². The zero-order valence-corrected chi connectivity index (χ0v) is 16.1. The number of aromatic nitrogens is 4. The molecule has 1 atom stereocenters. The summed E-state index contributed by atoms with van der Waals surface area (Å²) in [5, 5.41) is 4.72. The molecule has 4 rings (SSSR count). The first-order valence-electron chi connectivity index (χ1n) is 9.44. The van der Waals surface area contributed by atoms with Crippen molar-refractivity contribution in [2.75, 3.05) is 26.7 Å². The molecule has 146 valence electrons. The van der Waals surface area contributed by atoms with Gasteiger partial charge in [0.25, 0.3) is 5.91 Å². The molecule has 8 heteroatoms. The summed E-state index contributed by atoms with van der Waals surface area (Å²) in [6.45, 7) is 4.28. The summed E-state index contributed by atoms with van der Waals surface area (Å²) >= 11 is 0. The van der Waals surface area contributed by atoms with E-state index in [1.807, 2.05) is 34.7 Å². The average Bonchev–Trinajstić information content (AvgIpc) is 3.33. The van der Waals surface area contributed by atoms with Crippen molar-refractivity contribution < 1.29 is 9.53 Å². The first-order valence-corrected chi connectivity index (χ1v) is 9.44. The molecule has 0 aliphatic carbocycles. The fourth-order valence-electron chi connectivity index (χ4n) is 3.91. The van der Waals surface area contributed by atoms with Gasteiger partial charge in [0.2, 0.25) is 0 Å². The van der Waals surface area contributed by atoms with Crippen molar-refractivity contribution >= 4 is 17.1 Å². The summed E-state index contributed by atoms with van der Waals surface area (Å²) in [7, 11) is 1.60. The molecule has 1 aromatic carbocycles. The van der Waals surface area contributed by atoms with Gasteiger partial charge in [-0.3, -0.25) is 4.79 Å². The van der Waals surface area contributed by atoms with Gasteiger partial charge < -0.3 is 15.4 Å². The minimum Gasteiger partial charge on any atom is -0.496 e. The Labute approximate surface area is 163 Å². The number of hydrogen-bond donors (Lipinski definition) is 1. The Morgan fingerprint density at radius 2 is 2.14 bits per heavy atom. The van der Waals surface area contributed by atoms with Gasteiger partial charge in [-0.25, -0.2) is 14.6 Å². The highest BCUT2D eigenvalue weighted by Gasteiger charge is 2.32. The van der Waals surface area contributed by atoms with Crippen LogP contribution in [-0.2, 0) is 6.54 Å². The van der Waals surface area contributed by atoms with Crippen molar-refractivity contribution in [1.82, 2.24) is 24.6 Å². The summed E-state index contributed by atoms with van der Waals surface area (Å²) in [4.78, 5) is 23.9. The van der Waals surface area contributed by atoms with Crippen LogP contribution >= 0.6 is 0 Å². The summed E-state index contributed by atoms with van der Waals surface area (Å²) in [5.41, 5.74) is 9.68. The van der Waals surface area contributed by atoms with E-state index in [9.17, 15) is 4.79 Å². The number of carbonyl (C=O) groups is 1. The molecule has 0 unspecified atom stereocenters. The van der Waals surface area contributed by atoms with Crippen LogP contribution < -0.4 is 10.5 Å². The predicted molar refractivity (Wildman–Crippen MR) is 105 cm³/mol. The number of ether oxygens (including phenoxy) is 1. The Kier molecular flexibility index (Phi) is 4.95. The van der Waals surface area contributed by atoms with E-state index in [4.69, 9.17) is 15.6 Å². The van der Waals surface area contributed by atoms with E-state index in [0.717, 1.165) is 28.8 Å². The Balaban J connectivity index is 1.61. The summed E-state index contributed by atoms with van der Waals surface area (Å²) in [6.07, 6.45) is 4.18. The Bertz CT molecular complexity index is 1020. The highest BCUT2D eigenvalue weighted by molar-refractivity contribution is 5.97. The quantitative estimate of drug-likeness (QED) is 0.724. The monoisotopic (exact) mass is 380 g/mol. The molecule has 1 aliphatic rings. The Morgan fingerprint density at radius 1 is 1.32 bits per heavy atom. The number of rotatable bonds is 5. The number of nitrogens with two attached hydrogens (primary N) is 1. The third-order valence-corrected chi connectivity index (χ3v) is 5.24. The molecule has 1 fully saturated rings. The molecule has 3 heterocycles. The summed E-state index contributed by atoms with van der Waals surface area (Å²) in [5.74, 6) is 0.747. The fraction of sp³-hybridized carbons (Fsp3) is 0.400. The lowest BCUT2D eigenvalue weighted by molar-refractivity contribution is 0.0787. The second-order valence-corrected chi connectivity index (χ2v) is 7.02. The molecule has 0 bridgehead atoms. The van der Waals surface area contributed by atoms with Gasteiger partial charge in [0.05, 0.1) is 24.9 Å². The number of benzene rings is 1. The van der Waals surface area contributed by atoms with Gasteiger partial charge >= 0.3 is 0 Å². The van der Waals surface area contributed by atoms with Crippen molar-refractivity contribution in [3.05, 3.63) is 47.4 Å². The zero-order valence-electron chi connectivity index (χ0n) is 16.1. The van der Waals surface area contributed by atoms with Crippen LogP contribution in [0, 0.1) is 6.92 Å². The maximum atomic E-state index is 13.1. The van der Waals surface area contributed by atoms with E-state index in [1.54, 1.807) is 19.5 Å². The molecule has 0 saturated carbocycles. The second-order valence-electron chi connectivity index (χ2n) is 7.02. The third-order valence-electron chi connectivity index (χ3n) is 5.24. The number of nitrogens with zero attached hydrogens (tertiary/aromatic N) is 5. The molecule has 3 aromatic rings. The van der Waals surface area contributed by atoms with Crippen molar-refractivity contribution in [2.24, 2.45) is 5.73 Å². The van der Waals surface area contributed by atoms with E-state index in [2.05, 4.69) is 9.97 Å². The molecule has 0 spiro atoms. The lowest BCUT2D eigenvalue weighted by Crippen LogP contribution is -2.29. The second kappa shape index (κ2) is 7.55. The number of carbonyl (C=O) groups excluding carboxylic acids is 1. The van der Waals surface area contributed by atoms with Gasteiger partial charge in [0, 0.05) is 37.9 Å². The number of hydrogen-bond acceptors (Lipinski definition) is 6. The molecule has 1 saturated heterocycles. The Hall–Kier alpha value is -3.00. The molecule has 0 radical (unpaired) electrons. The fourth-order valence-corrected chi connectivity index (χ4v) is 3.91. The van der Waals surface area contributed by atoms with E-state index in [-0.39, 0.29) is 11.8 Å². The molecule has 28 heavy (non-hydrogen) atoms. The number of amides is 1. The number of methoxy groups -OCH3 is 1.